The van der Waals surface area contributed by atoms with E-state index in [4.69, 9.17) is 0 Å². The molecule has 0 aliphatic heterocycles. The number of nitrogens with one attached hydrogen (secondary N) is 1. The van der Waals surface area contributed by atoms with Gasteiger partial charge in [0.15, 0.2) is 0 Å². The predicted octanol–water partition coefficient (Wildman–Crippen LogP) is 4.79. The van der Waals surface area contributed by atoms with Crippen LogP contribution in [0.25, 0.3) is 0 Å². The molecule has 1 amide bonds. The van der Waals surface area contributed by atoms with Gasteiger partial charge < -0.3 is 9.87 Å². The van der Waals surface area contributed by atoms with E-state index in [-0.39, 0.29) is 12.5 Å². The lowest BCUT2D eigenvalue weighted by Gasteiger charge is -2.07. The van der Waals surface area contributed by atoms with E-state index in [0.717, 1.165) is 25.7 Å². The summed E-state index contributed by atoms with van der Waals surface area (Å²) in [4.78, 5) is 11.4. The molecule has 1 N–H and O–H groups in total. The summed E-state index contributed by atoms with van der Waals surface area (Å²) in [5.41, 5.74) is 0. The van der Waals surface area contributed by atoms with Gasteiger partial charge >= 0.3 is 0 Å². The van der Waals surface area contributed by atoms with Gasteiger partial charge in [-0.3, -0.25) is 4.79 Å². The second-order valence-corrected chi connectivity index (χ2v) is 8.12. The smallest absolute Gasteiger partial charge is 0.220 e. The maximum absolute atomic E-state index is 11.4. The maximum atomic E-state index is 11.4. The van der Waals surface area contributed by atoms with Gasteiger partial charge in [0.1, 0.15) is 0 Å². The average molecular weight is 411 g/mol. The van der Waals surface area contributed by atoms with Gasteiger partial charge in [-0.1, -0.05) is 68.4 Å². The zero-order valence-electron chi connectivity index (χ0n) is 17.1. The van der Waals surface area contributed by atoms with Gasteiger partial charge in [0.05, 0.1) is 15.9 Å². The van der Waals surface area contributed by atoms with Crippen molar-refractivity contribution < 1.29 is 17.8 Å². The molecule has 0 heterocycles. The standard InChI is InChI=1S/C22H37NO4S/c1-2-3-4-5-6-7-8-9-10-11-12-13-14-15-16-17-18-19-22(24)23-20-21-28(25,26)27/h6-7,9-10,12-13,15-16H,2-5,8,11,14,17-21H2,1H3,(H,23,24)(H,25,26,27)/p-1/b7-6-,10-9-,13-12-,16-15-. The van der Waals surface area contributed by atoms with E-state index >= 15 is 0 Å². The molecule has 0 saturated carbocycles. The molecule has 0 spiro atoms. The van der Waals surface area contributed by atoms with Gasteiger partial charge in [-0.25, -0.2) is 8.42 Å². The summed E-state index contributed by atoms with van der Waals surface area (Å²) in [6, 6.07) is 0. The molecule has 0 aromatic heterocycles. The second-order valence-electron chi connectivity index (χ2n) is 6.59. The molecule has 5 nitrogen and oxygen atoms in total. The largest absolute Gasteiger partial charge is 0.748 e. The lowest BCUT2D eigenvalue weighted by molar-refractivity contribution is -0.121. The summed E-state index contributed by atoms with van der Waals surface area (Å²) in [5, 5.41) is 2.43. The summed E-state index contributed by atoms with van der Waals surface area (Å²) in [6.07, 6.45) is 26.9. The van der Waals surface area contributed by atoms with Crippen LogP contribution in [0.15, 0.2) is 48.6 Å². The molecular weight excluding hydrogens is 374 g/mol. The highest BCUT2D eigenvalue weighted by molar-refractivity contribution is 7.85. The van der Waals surface area contributed by atoms with E-state index < -0.39 is 15.9 Å². The molecule has 0 aliphatic rings. The molecule has 0 radical (unpaired) electrons. The Morgan fingerprint density at radius 2 is 1.32 bits per heavy atom. The fraction of sp³-hybridized carbons (Fsp3) is 0.591. The Hall–Kier alpha value is -1.66. The van der Waals surface area contributed by atoms with Crippen molar-refractivity contribution in [2.75, 3.05) is 12.3 Å². The zero-order chi connectivity index (χ0) is 20.9. The van der Waals surface area contributed by atoms with Gasteiger partial charge in [-0.2, -0.15) is 0 Å². The number of carbonyl (C=O) groups excluding carboxylic acids is 1. The number of hydrogen-bond donors (Lipinski definition) is 1. The van der Waals surface area contributed by atoms with Crippen LogP contribution in [0.1, 0.15) is 71.1 Å². The number of carbonyl (C=O) groups is 1. The van der Waals surface area contributed by atoms with Crippen LogP contribution < -0.4 is 5.32 Å². The first-order chi connectivity index (χ1) is 13.5. The lowest BCUT2D eigenvalue weighted by Crippen LogP contribution is -2.28. The first-order valence-electron chi connectivity index (χ1n) is 10.3. The highest BCUT2D eigenvalue weighted by Crippen LogP contribution is 2.01. The number of amides is 1. The quantitative estimate of drug-likeness (QED) is 0.212. The van der Waals surface area contributed by atoms with Crippen LogP contribution in [0.3, 0.4) is 0 Å². The molecule has 0 bridgehead atoms. The molecule has 0 atom stereocenters. The van der Waals surface area contributed by atoms with E-state index in [2.05, 4.69) is 54.8 Å². The predicted molar refractivity (Wildman–Crippen MR) is 116 cm³/mol. The molecule has 160 valence electrons. The Morgan fingerprint density at radius 1 is 0.821 bits per heavy atom. The third kappa shape index (κ3) is 22.4. The average Bonchev–Trinajstić information content (AvgIpc) is 2.63. The molecule has 0 saturated heterocycles. The number of hydrogen-bond acceptors (Lipinski definition) is 4. The molecule has 0 rings (SSSR count). The third-order valence-corrected chi connectivity index (χ3v) is 4.61. The second kappa shape index (κ2) is 18.7. The van der Waals surface area contributed by atoms with Gasteiger partial charge in [-0.05, 0) is 44.9 Å². The Labute approximate surface area is 171 Å². The van der Waals surface area contributed by atoms with Crippen molar-refractivity contribution >= 4 is 16.0 Å². The van der Waals surface area contributed by atoms with E-state index in [1.807, 2.05) is 6.08 Å². The van der Waals surface area contributed by atoms with Gasteiger partial charge in [-0.15, -0.1) is 0 Å². The SMILES string of the molecule is CCCCC/C=C\C/C=C\C/C=C\C/C=C\CCCC(=O)NCCS(=O)(=O)[O-]. The fourth-order valence-electron chi connectivity index (χ4n) is 2.35. The summed E-state index contributed by atoms with van der Waals surface area (Å²) in [7, 11) is -4.26. The highest BCUT2D eigenvalue weighted by atomic mass is 32.2. The van der Waals surface area contributed by atoms with Crippen molar-refractivity contribution in [2.24, 2.45) is 0 Å². The summed E-state index contributed by atoms with van der Waals surface area (Å²) in [6.45, 7) is 2.10. The molecule has 28 heavy (non-hydrogen) atoms. The zero-order valence-corrected chi connectivity index (χ0v) is 18.0. The minimum atomic E-state index is -4.26. The van der Waals surface area contributed by atoms with Gasteiger partial charge in [0.2, 0.25) is 5.91 Å². The topological polar surface area (TPSA) is 86.3 Å². The first-order valence-corrected chi connectivity index (χ1v) is 11.8. The molecule has 0 aromatic carbocycles. The van der Waals surface area contributed by atoms with Crippen LogP contribution in [-0.4, -0.2) is 31.2 Å². The minimum Gasteiger partial charge on any atom is -0.748 e. The van der Waals surface area contributed by atoms with Crippen molar-refractivity contribution in [2.45, 2.75) is 71.1 Å². The molecule has 0 aromatic rings. The van der Waals surface area contributed by atoms with Crippen LogP contribution in [0.2, 0.25) is 0 Å². The fourth-order valence-corrected chi connectivity index (χ4v) is 2.70. The number of allylic oxidation sites excluding steroid dienone is 8. The van der Waals surface area contributed by atoms with Crippen LogP contribution in [0.4, 0.5) is 0 Å². The van der Waals surface area contributed by atoms with E-state index in [0.29, 0.717) is 12.8 Å². The van der Waals surface area contributed by atoms with E-state index in [1.54, 1.807) is 0 Å². The van der Waals surface area contributed by atoms with Crippen LogP contribution in [0.5, 0.6) is 0 Å². The molecule has 0 fully saturated rings. The van der Waals surface area contributed by atoms with Crippen LogP contribution >= 0.6 is 0 Å². The Bertz CT molecular complexity index is 604. The molecule has 0 aliphatic carbocycles. The third-order valence-electron chi connectivity index (χ3n) is 3.91. The molecule has 6 heteroatoms. The van der Waals surface area contributed by atoms with Crippen molar-refractivity contribution in [1.29, 1.82) is 0 Å². The van der Waals surface area contributed by atoms with Gasteiger partial charge in [0.25, 0.3) is 0 Å². The Morgan fingerprint density at radius 3 is 1.82 bits per heavy atom. The van der Waals surface area contributed by atoms with Crippen molar-refractivity contribution in [1.82, 2.24) is 5.32 Å². The number of rotatable bonds is 17. The maximum Gasteiger partial charge on any atom is 0.220 e. The van der Waals surface area contributed by atoms with Gasteiger partial charge in [0, 0.05) is 13.0 Å². The Kier molecular flexibility index (Phi) is 17.6. The van der Waals surface area contributed by atoms with Crippen LogP contribution in [-0.2, 0) is 14.9 Å². The number of unbranched alkanes of at least 4 members (excludes halogenated alkanes) is 4. The minimum absolute atomic E-state index is 0.116. The Balaban J connectivity index is 3.53. The summed E-state index contributed by atoms with van der Waals surface area (Å²) in [5.74, 6) is -0.782. The first kappa shape index (κ1) is 26.3. The highest BCUT2D eigenvalue weighted by Gasteiger charge is 2.01. The van der Waals surface area contributed by atoms with Crippen molar-refractivity contribution in [3.8, 4) is 0 Å². The van der Waals surface area contributed by atoms with E-state index in [1.165, 1.54) is 25.7 Å². The molecule has 0 unspecified atom stereocenters. The van der Waals surface area contributed by atoms with Crippen molar-refractivity contribution in [3.05, 3.63) is 48.6 Å². The lowest BCUT2D eigenvalue weighted by atomic mass is 10.2. The van der Waals surface area contributed by atoms with E-state index in [9.17, 15) is 17.8 Å². The summed E-state index contributed by atoms with van der Waals surface area (Å²) >= 11 is 0. The van der Waals surface area contributed by atoms with Crippen molar-refractivity contribution in [3.63, 3.8) is 0 Å². The monoisotopic (exact) mass is 410 g/mol. The van der Waals surface area contributed by atoms with Crippen LogP contribution in [0, 0.1) is 0 Å². The summed E-state index contributed by atoms with van der Waals surface area (Å²) < 4.78 is 31.2. The normalized spacial score (nSPS) is 12.8. The molecular formula is C22H36NO4S-.